The van der Waals surface area contributed by atoms with Gasteiger partial charge in [-0.2, -0.15) is 0 Å². The van der Waals surface area contributed by atoms with Gasteiger partial charge in [0.2, 0.25) is 0 Å². The molecule has 0 saturated carbocycles. The Labute approximate surface area is 57.6 Å². The molecule has 0 atom stereocenters. The monoisotopic (exact) mass is 108 g/mol. The third kappa shape index (κ3) is 108. The second kappa shape index (κ2) is 41.2. The molecule has 0 saturated heterocycles. The summed E-state index contributed by atoms with van der Waals surface area (Å²) in [6.07, 6.45) is 0. The summed E-state index contributed by atoms with van der Waals surface area (Å²) in [6.45, 7) is 0. The van der Waals surface area contributed by atoms with Crippen molar-refractivity contribution < 1.29 is 15.6 Å². The summed E-state index contributed by atoms with van der Waals surface area (Å²) in [5, 5.41) is 15.5. The van der Waals surface area contributed by atoms with Gasteiger partial charge in [0.15, 0.2) is 0 Å². The van der Waals surface area contributed by atoms with Crippen molar-refractivity contribution in [3.05, 3.63) is 0 Å². The summed E-state index contributed by atoms with van der Waals surface area (Å²) in [7, 11) is 0. The predicted molar refractivity (Wildman–Crippen MR) is 23.5 cm³/mol. The molecule has 0 rings (SSSR count). The van der Waals surface area contributed by atoms with Crippen LogP contribution in [0.15, 0.2) is 0 Å². The molecular formula is H9N2NaO3. The Kier molecular flexibility index (Phi) is 201. The minimum absolute atomic E-state index is 0. The molecule has 0 aromatic carbocycles. The van der Waals surface area contributed by atoms with E-state index in [4.69, 9.17) is 10.5 Å². The fourth-order valence-corrected chi connectivity index (χ4v) is 0. The number of hydrogen-bond acceptors (Lipinski definition) is 5. The Morgan fingerprint density at radius 1 is 1.00 bits per heavy atom. The standard InChI is InChI=1S/2H3N.Na.H2O3.H/c;;;1-3-2;/h2*1H3;;1-2H;. The zero-order chi connectivity index (χ0) is 2.71. The number of hydrogen-bond donors (Lipinski definition) is 4. The molecule has 6 heteroatoms. The molecule has 0 aromatic rings. The first-order valence-corrected chi connectivity index (χ1v) is 0.365. The fraction of sp³-hybridized carbons (Fsp3) is 0. The predicted octanol–water partition coefficient (Wildman–Crippen LogP) is -0.376. The van der Waals surface area contributed by atoms with Gasteiger partial charge in [-0.3, -0.25) is 0 Å². The van der Waals surface area contributed by atoms with E-state index in [1.165, 1.54) is 0 Å². The van der Waals surface area contributed by atoms with Crippen LogP contribution in [0.2, 0.25) is 0 Å². The van der Waals surface area contributed by atoms with Crippen molar-refractivity contribution >= 4 is 29.6 Å². The Balaban J connectivity index is -0.00000000667. The molecule has 0 aromatic heterocycles. The summed E-state index contributed by atoms with van der Waals surface area (Å²) in [5.41, 5.74) is 0. The second-order valence-electron chi connectivity index (χ2n) is 0.0816. The van der Waals surface area contributed by atoms with Crippen molar-refractivity contribution in [3.8, 4) is 0 Å². The van der Waals surface area contributed by atoms with Gasteiger partial charge in [0.1, 0.15) is 0 Å². The summed E-state index contributed by atoms with van der Waals surface area (Å²) >= 11 is 0. The molecule has 38 valence electrons. The molecule has 0 radical (unpaired) electrons. The maximum atomic E-state index is 6.62. The second-order valence-corrected chi connectivity index (χ2v) is 0.0816. The van der Waals surface area contributed by atoms with Crippen LogP contribution in [-0.4, -0.2) is 40.1 Å². The molecule has 0 aliphatic carbocycles. The zero-order valence-corrected chi connectivity index (χ0v) is 2.72. The van der Waals surface area contributed by atoms with E-state index in [2.05, 4.69) is 5.04 Å². The normalized spacial score (nSPS) is 3.00. The molecular weight excluding hydrogens is 99.0 g/mol. The van der Waals surface area contributed by atoms with Gasteiger partial charge in [0, 0.05) is 0 Å². The van der Waals surface area contributed by atoms with Gasteiger partial charge in [-0.05, 0) is 0 Å². The molecule has 0 heterocycles. The van der Waals surface area contributed by atoms with Crippen molar-refractivity contribution in [2.45, 2.75) is 0 Å². The topological polar surface area (TPSA) is 120 Å². The summed E-state index contributed by atoms with van der Waals surface area (Å²) in [6, 6.07) is 0. The Morgan fingerprint density at radius 3 is 1.00 bits per heavy atom. The summed E-state index contributed by atoms with van der Waals surface area (Å²) in [5.74, 6) is 0. The zero-order valence-electron chi connectivity index (χ0n) is 2.72. The van der Waals surface area contributed by atoms with E-state index >= 15 is 0 Å². The third-order valence-electron chi connectivity index (χ3n) is 0. The molecule has 0 spiro atoms. The molecule has 6 heavy (non-hydrogen) atoms. The van der Waals surface area contributed by atoms with E-state index in [0.29, 0.717) is 0 Å². The molecule has 0 amide bonds. The molecule has 0 bridgehead atoms. The van der Waals surface area contributed by atoms with Crippen molar-refractivity contribution in [3.63, 3.8) is 0 Å². The molecule has 0 aliphatic heterocycles. The van der Waals surface area contributed by atoms with Gasteiger partial charge >= 0.3 is 29.6 Å². The van der Waals surface area contributed by atoms with E-state index in [9.17, 15) is 0 Å². The van der Waals surface area contributed by atoms with E-state index in [1.54, 1.807) is 0 Å². The van der Waals surface area contributed by atoms with Gasteiger partial charge < -0.3 is 12.3 Å². The first-order chi connectivity index (χ1) is 1.41. The van der Waals surface area contributed by atoms with Crippen LogP contribution in [0.25, 0.3) is 0 Å². The van der Waals surface area contributed by atoms with Crippen molar-refractivity contribution in [1.82, 2.24) is 12.3 Å². The van der Waals surface area contributed by atoms with Crippen molar-refractivity contribution in [2.24, 2.45) is 0 Å². The van der Waals surface area contributed by atoms with Crippen molar-refractivity contribution in [2.75, 3.05) is 0 Å². The first-order valence-electron chi connectivity index (χ1n) is 0.365. The molecule has 5 nitrogen and oxygen atoms in total. The van der Waals surface area contributed by atoms with Crippen LogP contribution >= 0.6 is 0 Å². The Morgan fingerprint density at radius 2 is 1.00 bits per heavy atom. The molecule has 0 fully saturated rings. The average molecular weight is 108 g/mol. The third-order valence-corrected chi connectivity index (χ3v) is 0. The summed E-state index contributed by atoms with van der Waals surface area (Å²) in [4.78, 5) is 0. The van der Waals surface area contributed by atoms with Gasteiger partial charge in [-0.25, -0.2) is 10.5 Å². The molecule has 0 aliphatic rings. The van der Waals surface area contributed by atoms with E-state index in [1.807, 2.05) is 0 Å². The van der Waals surface area contributed by atoms with Gasteiger partial charge in [-0.1, -0.05) is 5.04 Å². The maximum absolute atomic E-state index is 6.62. The molecule has 0 unspecified atom stereocenters. The van der Waals surface area contributed by atoms with E-state index in [-0.39, 0.29) is 41.9 Å². The SMILES string of the molecule is N.N.OOO.[NaH]. The fourth-order valence-electron chi connectivity index (χ4n) is 0. The van der Waals surface area contributed by atoms with Gasteiger partial charge in [-0.15, -0.1) is 0 Å². The van der Waals surface area contributed by atoms with Crippen LogP contribution in [0.3, 0.4) is 0 Å². The number of rotatable bonds is 0. The molecule has 8 N–H and O–H groups in total. The van der Waals surface area contributed by atoms with Crippen molar-refractivity contribution in [1.29, 1.82) is 0 Å². The van der Waals surface area contributed by atoms with Gasteiger partial charge in [0.05, 0.1) is 0 Å². The Bertz CT molecular complexity index is 8.75. The van der Waals surface area contributed by atoms with E-state index in [0.717, 1.165) is 0 Å². The first kappa shape index (κ1) is 29.2. The van der Waals surface area contributed by atoms with Crippen LogP contribution in [0, 0.1) is 0 Å². The van der Waals surface area contributed by atoms with Gasteiger partial charge in [0.25, 0.3) is 0 Å². The van der Waals surface area contributed by atoms with Crippen LogP contribution in [-0.2, 0) is 5.04 Å². The average Bonchev–Trinajstić information content (AvgIpc) is 0.918. The van der Waals surface area contributed by atoms with Crippen LogP contribution in [0.4, 0.5) is 0 Å². The van der Waals surface area contributed by atoms with Crippen LogP contribution in [0.5, 0.6) is 0 Å². The van der Waals surface area contributed by atoms with Crippen LogP contribution < -0.4 is 12.3 Å². The Hall–Kier alpha value is 0.800. The minimum atomic E-state index is 0. The quantitative estimate of drug-likeness (QED) is 0.191. The summed E-state index contributed by atoms with van der Waals surface area (Å²) < 4.78 is 0. The van der Waals surface area contributed by atoms with Crippen LogP contribution in [0.1, 0.15) is 0 Å². The van der Waals surface area contributed by atoms with E-state index < -0.39 is 0 Å².